The van der Waals surface area contributed by atoms with Gasteiger partial charge in [-0.2, -0.15) is 4.98 Å². The van der Waals surface area contributed by atoms with Crippen LogP contribution in [0.15, 0.2) is 28.8 Å². The molecule has 2 heterocycles. The molecule has 1 aromatic heterocycles. The predicted molar refractivity (Wildman–Crippen MR) is 88.9 cm³/mol. The standard InChI is InChI=1S/C17H24N4O2/c1-4-16-18-17(23-19-16)13(2)20-9-11-21(12-10-20)14-7-5-6-8-15(14)22-3/h5-8,13H,4,9-12H2,1-3H3. The van der Waals surface area contributed by atoms with E-state index in [1.165, 1.54) is 0 Å². The van der Waals surface area contributed by atoms with E-state index in [2.05, 4.69) is 39.0 Å². The summed E-state index contributed by atoms with van der Waals surface area (Å²) >= 11 is 0. The lowest BCUT2D eigenvalue weighted by molar-refractivity contribution is 0.164. The van der Waals surface area contributed by atoms with Crippen LogP contribution in [0, 0.1) is 0 Å². The maximum Gasteiger partial charge on any atom is 0.243 e. The van der Waals surface area contributed by atoms with Crippen LogP contribution in [-0.2, 0) is 6.42 Å². The van der Waals surface area contributed by atoms with Gasteiger partial charge in [0.2, 0.25) is 5.89 Å². The molecule has 3 rings (SSSR count). The van der Waals surface area contributed by atoms with Crippen molar-refractivity contribution in [2.24, 2.45) is 0 Å². The molecule has 0 radical (unpaired) electrons. The van der Waals surface area contributed by atoms with Crippen molar-refractivity contribution in [3.8, 4) is 5.75 Å². The Labute approximate surface area is 137 Å². The molecule has 0 aliphatic carbocycles. The molecule has 1 atom stereocenters. The number of methoxy groups -OCH3 is 1. The Morgan fingerprint density at radius 2 is 1.96 bits per heavy atom. The van der Waals surface area contributed by atoms with Gasteiger partial charge in [-0.25, -0.2) is 0 Å². The average Bonchev–Trinajstić information content (AvgIpc) is 3.10. The van der Waals surface area contributed by atoms with E-state index >= 15 is 0 Å². The van der Waals surface area contributed by atoms with Crippen LogP contribution in [0.25, 0.3) is 0 Å². The normalized spacial score (nSPS) is 17.3. The number of aromatic nitrogens is 2. The van der Waals surface area contributed by atoms with Gasteiger partial charge >= 0.3 is 0 Å². The van der Waals surface area contributed by atoms with E-state index in [0.717, 1.165) is 49.9 Å². The second-order valence-corrected chi connectivity index (χ2v) is 5.77. The van der Waals surface area contributed by atoms with Gasteiger partial charge in [-0.05, 0) is 19.1 Å². The number of ether oxygens (including phenoxy) is 1. The van der Waals surface area contributed by atoms with Gasteiger partial charge in [0.25, 0.3) is 0 Å². The number of aryl methyl sites for hydroxylation is 1. The topological polar surface area (TPSA) is 54.6 Å². The van der Waals surface area contributed by atoms with E-state index in [9.17, 15) is 0 Å². The highest BCUT2D eigenvalue weighted by atomic mass is 16.5. The Morgan fingerprint density at radius 3 is 2.61 bits per heavy atom. The molecule has 1 fully saturated rings. The molecule has 23 heavy (non-hydrogen) atoms. The van der Waals surface area contributed by atoms with Gasteiger partial charge in [0.05, 0.1) is 18.8 Å². The van der Waals surface area contributed by atoms with E-state index in [-0.39, 0.29) is 6.04 Å². The monoisotopic (exact) mass is 316 g/mol. The van der Waals surface area contributed by atoms with Crippen LogP contribution in [0.5, 0.6) is 5.75 Å². The fourth-order valence-electron chi connectivity index (χ4n) is 2.98. The highest BCUT2D eigenvalue weighted by molar-refractivity contribution is 5.58. The SMILES string of the molecule is CCc1noc(C(C)N2CCN(c3ccccc3OC)CC2)n1. The van der Waals surface area contributed by atoms with Crippen LogP contribution in [0.4, 0.5) is 5.69 Å². The lowest BCUT2D eigenvalue weighted by Crippen LogP contribution is -2.47. The first-order chi connectivity index (χ1) is 11.2. The van der Waals surface area contributed by atoms with Crippen molar-refractivity contribution in [2.45, 2.75) is 26.3 Å². The average molecular weight is 316 g/mol. The molecule has 1 aromatic carbocycles. The summed E-state index contributed by atoms with van der Waals surface area (Å²) in [5, 5.41) is 4.00. The van der Waals surface area contributed by atoms with Gasteiger partial charge in [-0.3, -0.25) is 4.90 Å². The number of benzene rings is 1. The molecule has 124 valence electrons. The Balaban J connectivity index is 1.64. The number of nitrogens with zero attached hydrogens (tertiary/aromatic N) is 4. The molecule has 6 heteroatoms. The summed E-state index contributed by atoms with van der Waals surface area (Å²) in [4.78, 5) is 9.21. The van der Waals surface area contributed by atoms with Crippen molar-refractivity contribution in [1.29, 1.82) is 0 Å². The minimum Gasteiger partial charge on any atom is -0.495 e. The van der Waals surface area contributed by atoms with Crippen molar-refractivity contribution in [2.75, 3.05) is 38.2 Å². The summed E-state index contributed by atoms with van der Waals surface area (Å²) in [6.45, 7) is 8.00. The van der Waals surface area contributed by atoms with Crippen molar-refractivity contribution in [1.82, 2.24) is 15.0 Å². The molecule has 1 aliphatic rings. The van der Waals surface area contributed by atoms with E-state index < -0.39 is 0 Å². The van der Waals surface area contributed by atoms with Gasteiger partial charge < -0.3 is 14.2 Å². The number of hydrogen-bond acceptors (Lipinski definition) is 6. The summed E-state index contributed by atoms with van der Waals surface area (Å²) in [5.74, 6) is 2.42. The van der Waals surface area contributed by atoms with Crippen LogP contribution in [-0.4, -0.2) is 48.3 Å². The molecule has 0 bridgehead atoms. The largest absolute Gasteiger partial charge is 0.495 e. The van der Waals surface area contributed by atoms with Crippen molar-refractivity contribution < 1.29 is 9.26 Å². The molecule has 1 saturated heterocycles. The molecule has 1 aliphatic heterocycles. The number of hydrogen-bond donors (Lipinski definition) is 0. The summed E-state index contributed by atoms with van der Waals surface area (Å²) in [7, 11) is 1.72. The lowest BCUT2D eigenvalue weighted by Gasteiger charge is -2.38. The molecular formula is C17H24N4O2. The van der Waals surface area contributed by atoms with E-state index in [0.29, 0.717) is 5.89 Å². The quantitative estimate of drug-likeness (QED) is 0.845. The number of piperazine rings is 1. The molecule has 2 aromatic rings. The van der Waals surface area contributed by atoms with Crippen LogP contribution >= 0.6 is 0 Å². The van der Waals surface area contributed by atoms with Gasteiger partial charge in [0.15, 0.2) is 5.82 Å². The summed E-state index contributed by atoms with van der Waals surface area (Å²) in [6.07, 6.45) is 0.803. The fourth-order valence-corrected chi connectivity index (χ4v) is 2.98. The van der Waals surface area contributed by atoms with E-state index in [1.807, 2.05) is 19.1 Å². The van der Waals surface area contributed by atoms with Crippen molar-refractivity contribution in [3.63, 3.8) is 0 Å². The van der Waals surface area contributed by atoms with Gasteiger partial charge in [-0.1, -0.05) is 24.2 Å². The number of para-hydroxylation sites is 2. The summed E-state index contributed by atoms with van der Waals surface area (Å²) in [5.41, 5.74) is 1.16. The lowest BCUT2D eigenvalue weighted by atomic mass is 10.2. The highest BCUT2D eigenvalue weighted by Crippen LogP contribution is 2.29. The molecule has 0 N–H and O–H groups in total. The third kappa shape index (κ3) is 3.32. The van der Waals surface area contributed by atoms with Crippen LogP contribution in [0.1, 0.15) is 31.6 Å². The van der Waals surface area contributed by atoms with Crippen molar-refractivity contribution >= 4 is 5.69 Å². The van der Waals surface area contributed by atoms with Gasteiger partial charge in [0, 0.05) is 32.6 Å². The minimum atomic E-state index is 0.155. The molecule has 0 spiro atoms. The first-order valence-corrected chi connectivity index (χ1v) is 8.17. The first-order valence-electron chi connectivity index (χ1n) is 8.17. The highest BCUT2D eigenvalue weighted by Gasteiger charge is 2.26. The second kappa shape index (κ2) is 7.00. The molecular weight excluding hydrogens is 292 g/mol. The zero-order chi connectivity index (χ0) is 16.2. The van der Waals surface area contributed by atoms with Crippen molar-refractivity contribution in [3.05, 3.63) is 36.0 Å². The third-order valence-electron chi connectivity index (χ3n) is 4.45. The predicted octanol–water partition coefficient (Wildman–Crippen LogP) is 2.52. The minimum absolute atomic E-state index is 0.155. The molecule has 0 amide bonds. The molecule has 6 nitrogen and oxygen atoms in total. The Hall–Kier alpha value is -2.08. The first kappa shape index (κ1) is 15.8. The Morgan fingerprint density at radius 1 is 1.22 bits per heavy atom. The number of anilines is 1. The third-order valence-corrected chi connectivity index (χ3v) is 4.45. The van der Waals surface area contributed by atoms with E-state index in [4.69, 9.17) is 9.26 Å². The summed E-state index contributed by atoms with van der Waals surface area (Å²) in [6, 6.07) is 8.33. The van der Waals surface area contributed by atoms with E-state index in [1.54, 1.807) is 7.11 Å². The second-order valence-electron chi connectivity index (χ2n) is 5.77. The smallest absolute Gasteiger partial charge is 0.243 e. The van der Waals surface area contributed by atoms with Gasteiger partial charge in [0.1, 0.15) is 5.75 Å². The molecule has 1 unspecified atom stereocenters. The molecule has 0 saturated carbocycles. The van der Waals surface area contributed by atoms with Crippen LogP contribution < -0.4 is 9.64 Å². The number of rotatable bonds is 5. The van der Waals surface area contributed by atoms with Crippen LogP contribution in [0.3, 0.4) is 0 Å². The fraction of sp³-hybridized carbons (Fsp3) is 0.529. The maximum atomic E-state index is 5.47. The zero-order valence-electron chi connectivity index (χ0n) is 14.0. The maximum absolute atomic E-state index is 5.47. The van der Waals surface area contributed by atoms with Gasteiger partial charge in [-0.15, -0.1) is 0 Å². The zero-order valence-corrected chi connectivity index (χ0v) is 14.0. The van der Waals surface area contributed by atoms with Crippen LogP contribution in [0.2, 0.25) is 0 Å². The Bertz CT molecular complexity index is 635. The summed E-state index contributed by atoms with van der Waals surface area (Å²) < 4.78 is 10.9. The Kier molecular flexibility index (Phi) is 4.81.